The number of nitrogens with zero attached hydrogens (tertiary/aromatic N) is 2. The molecule has 0 bridgehead atoms. The van der Waals surface area contributed by atoms with Crippen LogP contribution in [0.25, 0.3) is 11.0 Å². The van der Waals surface area contributed by atoms with Crippen LogP contribution in [0.3, 0.4) is 0 Å². The van der Waals surface area contributed by atoms with Gasteiger partial charge in [-0.05, 0) is 71.7 Å². The molecule has 164 valence electrons. The topological polar surface area (TPSA) is 84.9 Å². The Balaban J connectivity index is 1.70. The molecular weight excluding hydrogens is 410 g/mol. The number of imidazole rings is 1. The molecule has 0 aliphatic heterocycles. The summed E-state index contributed by atoms with van der Waals surface area (Å²) in [4.78, 5) is 25.2. The average Bonchev–Trinajstić information content (AvgIpc) is 3.19. The van der Waals surface area contributed by atoms with E-state index in [0.29, 0.717) is 11.8 Å². The molecule has 0 saturated carbocycles. The molecule has 0 spiro atoms. The molecule has 1 aromatic carbocycles. The number of ether oxygens (including phenoxy) is 1. The summed E-state index contributed by atoms with van der Waals surface area (Å²) < 4.78 is 18.9. The number of benzene rings is 1. The number of pyridine rings is 1. The Labute approximate surface area is 185 Å². The zero-order chi connectivity index (χ0) is 22.7. The summed E-state index contributed by atoms with van der Waals surface area (Å²) >= 11 is 0. The number of rotatable bonds is 5. The number of ketones is 1. The molecule has 2 aromatic heterocycles. The van der Waals surface area contributed by atoms with Crippen LogP contribution in [0.15, 0.2) is 23.5 Å². The highest BCUT2D eigenvalue weighted by Crippen LogP contribution is 2.47. The molecule has 1 aliphatic rings. The van der Waals surface area contributed by atoms with E-state index in [2.05, 4.69) is 15.0 Å². The van der Waals surface area contributed by atoms with Crippen molar-refractivity contribution in [2.24, 2.45) is 0 Å². The van der Waals surface area contributed by atoms with Gasteiger partial charge in [0.05, 0.1) is 39.9 Å². The van der Waals surface area contributed by atoms with E-state index in [0.717, 1.165) is 44.7 Å². The molecule has 4 rings (SSSR count). The first-order valence-electron chi connectivity index (χ1n) is 10.5. The molecule has 6 nitrogen and oxygen atoms in total. The van der Waals surface area contributed by atoms with Gasteiger partial charge in [-0.15, -0.1) is 0 Å². The first-order valence-corrected chi connectivity index (χ1v) is 11.9. The number of aryl methyl sites for hydroxylation is 1. The predicted octanol–water partition coefficient (Wildman–Crippen LogP) is 4.42. The highest BCUT2D eigenvalue weighted by atomic mass is 32.2. The third kappa shape index (κ3) is 3.30. The molecule has 1 atom stereocenters. The van der Waals surface area contributed by atoms with Gasteiger partial charge in [-0.3, -0.25) is 14.0 Å². The number of nitrogens with one attached hydrogen (secondary N) is 1. The predicted molar refractivity (Wildman–Crippen MR) is 122 cm³/mol. The third-order valence-corrected chi connectivity index (χ3v) is 7.56. The number of Topliss-reactive ketones (excluding diaryl/α,β-unsaturated/α-hetero) is 1. The van der Waals surface area contributed by atoms with E-state index >= 15 is 0 Å². The third-order valence-electron chi connectivity index (χ3n) is 6.40. The molecule has 2 heterocycles. The number of H-pyrrole nitrogens is 1. The van der Waals surface area contributed by atoms with Crippen LogP contribution in [0.2, 0.25) is 0 Å². The highest BCUT2D eigenvalue weighted by Gasteiger charge is 2.50. The van der Waals surface area contributed by atoms with Gasteiger partial charge >= 0.3 is 0 Å². The maximum atomic E-state index is 13.1. The van der Waals surface area contributed by atoms with Crippen LogP contribution < -0.4 is 4.74 Å². The van der Waals surface area contributed by atoms with Gasteiger partial charge in [-0.1, -0.05) is 0 Å². The lowest BCUT2D eigenvalue weighted by molar-refractivity contribution is -0.126. The molecule has 31 heavy (non-hydrogen) atoms. The summed E-state index contributed by atoms with van der Waals surface area (Å²) in [5.41, 5.74) is 5.01. The second kappa shape index (κ2) is 7.26. The van der Waals surface area contributed by atoms with Crippen molar-refractivity contribution in [2.75, 3.05) is 6.61 Å². The molecule has 0 saturated heterocycles. The van der Waals surface area contributed by atoms with Gasteiger partial charge in [0.1, 0.15) is 5.75 Å². The van der Waals surface area contributed by atoms with E-state index in [1.807, 2.05) is 60.6 Å². The van der Waals surface area contributed by atoms with Crippen LogP contribution in [0.1, 0.15) is 62.6 Å². The van der Waals surface area contributed by atoms with Gasteiger partial charge in [0.15, 0.2) is 10.9 Å². The number of carbonyl (C=O) groups excluding carboxylic acids is 1. The summed E-state index contributed by atoms with van der Waals surface area (Å²) in [6.07, 6.45) is 1.76. The summed E-state index contributed by atoms with van der Waals surface area (Å²) in [6.45, 7) is 14.3. The van der Waals surface area contributed by atoms with Gasteiger partial charge in [-0.2, -0.15) is 0 Å². The number of hydrogen-bond donors (Lipinski definition) is 1. The standard InChI is InChI=1S/C24H29N3O3S/c1-8-30-20-13(2)11-25-19(14(20)3)12-31(29)22-26-17-9-15-16(10-18(17)27-22)24(6,7)21(28)23(15,4)5/h9-11H,8,12H2,1-7H3,(H,26,27). The SMILES string of the molecule is CCOc1c(C)cnc(CS(=O)c2nc3cc4c(cc3[nH]2)C(C)(C)C(=O)C4(C)C)c1C. The summed E-state index contributed by atoms with van der Waals surface area (Å²) in [7, 11) is -1.39. The van der Waals surface area contributed by atoms with Crippen molar-refractivity contribution in [1.82, 2.24) is 15.0 Å². The van der Waals surface area contributed by atoms with Crippen molar-refractivity contribution >= 4 is 27.6 Å². The molecule has 1 aliphatic carbocycles. The van der Waals surface area contributed by atoms with Gasteiger partial charge in [-0.25, -0.2) is 4.98 Å². The molecular formula is C24H29N3O3S. The van der Waals surface area contributed by atoms with Crippen molar-refractivity contribution in [3.63, 3.8) is 0 Å². The van der Waals surface area contributed by atoms with Crippen LogP contribution in [-0.2, 0) is 32.2 Å². The van der Waals surface area contributed by atoms with Crippen LogP contribution in [0, 0.1) is 13.8 Å². The fourth-order valence-corrected chi connectivity index (χ4v) is 5.76. The van der Waals surface area contributed by atoms with Crippen LogP contribution >= 0.6 is 0 Å². The largest absolute Gasteiger partial charge is 0.493 e. The van der Waals surface area contributed by atoms with Crippen LogP contribution in [-0.4, -0.2) is 31.6 Å². The summed E-state index contributed by atoms with van der Waals surface area (Å²) in [5, 5.41) is 0.417. The van der Waals surface area contributed by atoms with E-state index in [9.17, 15) is 9.00 Å². The lowest BCUT2D eigenvalue weighted by atomic mass is 9.80. The highest BCUT2D eigenvalue weighted by molar-refractivity contribution is 7.84. The lowest BCUT2D eigenvalue weighted by Gasteiger charge is -2.21. The van der Waals surface area contributed by atoms with Crippen molar-refractivity contribution in [3.8, 4) is 5.75 Å². The Kier molecular flexibility index (Phi) is 5.08. The quantitative estimate of drug-likeness (QED) is 0.636. The molecule has 0 fully saturated rings. The molecule has 1 N–H and O–H groups in total. The second-order valence-corrected chi connectivity index (χ2v) is 10.7. The smallest absolute Gasteiger partial charge is 0.197 e. The Morgan fingerprint density at radius 1 is 1.10 bits per heavy atom. The molecule has 0 radical (unpaired) electrons. The van der Waals surface area contributed by atoms with Crippen molar-refractivity contribution in [3.05, 3.63) is 46.3 Å². The molecule has 0 amide bonds. The fourth-order valence-electron chi connectivity index (χ4n) is 4.66. The zero-order valence-electron chi connectivity index (χ0n) is 19.2. The lowest BCUT2D eigenvalue weighted by Crippen LogP contribution is -2.33. The minimum Gasteiger partial charge on any atom is -0.493 e. The fraction of sp³-hybridized carbons (Fsp3) is 0.458. The Morgan fingerprint density at radius 3 is 2.39 bits per heavy atom. The second-order valence-electron chi connectivity index (χ2n) is 9.30. The number of fused-ring (bicyclic) bond motifs is 2. The average molecular weight is 440 g/mol. The van der Waals surface area contributed by atoms with Gasteiger partial charge in [0, 0.05) is 28.2 Å². The van der Waals surface area contributed by atoms with Crippen molar-refractivity contribution in [2.45, 2.75) is 70.2 Å². The van der Waals surface area contributed by atoms with E-state index in [-0.39, 0.29) is 11.5 Å². The first-order chi connectivity index (χ1) is 14.5. The maximum Gasteiger partial charge on any atom is 0.197 e. The molecule has 1 unspecified atom stereocenters. The van der Waals surface area contributed by atoms with Crippen LogP contribution in [0.5, 0.6) is 5.75 Å². The maximum absolute atomic E-state index is 13.1. The monoisotopic (exact) mass is 439 g/mol. The zero-order valence-corrected chi connectivity index (χ0v) is 20.0. The van der Waals surface area contributed by atoms with E-state index in [1.54, 1.807) is 6.20 Å². The number of aromatic nitrogens is 3. The minimum absolute atomic E-state index is 0.206. The van der Waals surface area contributed by atoms with Gasteiger partial charge in [0.2, 0.25) is 0 Å². The number of hydrogen-bond acceptors (Lipinski definition) is 5. The van der Waals surface area contributed by atoms with E-state index in [1.165, 1.54) is 0 Å². The number of aromatic amines is 1. The van der Waals surface area contributed by atoms with Crippen molar-refractivity contribution < 1.29 is 13.7 Å². The minimum atomic E-state index is -1.39. The Morgan fingerprint density at radius 2 is 1.74 bits per heavy atom. The molecule has 3 aromatic rings. The summed E-state index contributed by atoms with van der Waals surface area (Å²) in [6, 6.07) is 3.96. The van der Waals surface area contributed by atoms with Crippen LogP contribution in [0.4, 0.5) is 0 Å². The van der Waals surface area contributed by atoms with Crippen molar-refractivity contribution in [1.29, 1.82) is 0 Å². The van der Waals surface area contributed by atoms with Gasteiger partial charge < -0.3 is 9.72 Å². The normalized spacial score (nSPS) is 17.7. The summed E-state index contributed by atoms with van der Waals surface area (Å²) in [5.74, 6) is 1.26. The van der Waals surface area contributed by atoms with E-state index in [4.69, 9.17) is 4.74 Å². The first kappa shape index (κ1) is 21.7. The Bertz CT molecular complexity index is 1190. The van der Waals surface area contributed by atoms with Gasteiger partial charge in [0.25, 0.3) is 0 Å². The molecule has 7 heteroatoms. The Hall–Kier alpha value is -2.54. The number of carbonyl (C=O) groups is 1. The van der Waals surface area contributed by atoms with E-state index < -0.39 is 21.6 Å².